The van der Waals surface area contributed by atoms with Crippen LogP contribution in [0.1, 0.15) is 60.8 Å². The molecular weight excluding hydrogens is 550 g/mol. The van der Waals surface area contributed by atoms with Gasteiger partial charge in [0.05, 0.1) is 35.8 Å². The zero-order valence-corrected chi connectivity index (χ0v) is 26.8. The summed E-state index contributed by atoms with van der Waals surface area (Å²) >= 11 is 1.65. The molecule has 0 aliphatic carbocycles. The molecule has 3 amide bonds. The van der Waals surface area contributed by atoms with Crippen LogP contribution in [0.15, 0.2) is 49.6 Å². The highest BCUT2D eigenvalue weighted by Gasteiger charge is 2.78. The van der Waals surface area contributed by atoms with Crippen molar-refractivity contribution < 1.29 is 24.2 Å². The molecular formula is C33H47N3O5S. The maximum absolute atomic E-state index is 14.6. The SMILES string of the molecule is C=CCN(C(=O)[C@@H]1[C@H]2C(=O)N([C@@H](CC)CO)C(C(=O)N(CC=C)C(C)(C)C)C23CC[C@@]1(C)S3)c1ccc(OCC)cc1. The Kier molecular flexibility index (Phi) is 9.24. The van der Waals surface area contributed by atoms with E-state index in [1.165, 1.54) is 0 Å². The number of hydrogen-bond donors (Lipinski definition) is 1. The molecule has 6 atom stereocenters. The van der Waals surface area contributed by atoms with Gasteiger partial charge in [-0.3, -0.25) is 14.4 Å². The first-order valence-electron chi connectivity index (χ1n) is 15.1. The van der Waals surface area contributed by atoms with E-state index in [4.69, 9.17) is 4.74 Å². The van der Waals surface area contributed by atoms with Gasteiger partial charge in [-0.25, -0.2) is 0 Å². The maximum atomic E-state index is 14.6. The third kappa shape index (κ3) is 5.17. The summed E-state index contributed by atoms with van der Waals surface area (Å²) in [4.78, 5) is 48.9. The normalized spacial score (nSPS) is 28.8. The van der Waals surface area contributed by atoms with Gasteiger partial charge in [-0.2, -0.15) is 0 Å². The summed E-state index contributed by atoms with van der Waals surface area (Å²) in [6.45, 7) is 20.5. The van der Waals surface area contributed by atoms with Crippen molar-refractivity contribution in [3.05, 3.63) is 49.6 Å². The number of aliphatic hydroxyl groups is 1. The Balaban J connectivity index is 1.82. The van der Waals surface area contributed by atoms with Crippen LogP contribution in [0.2, 0.25) is 0 Å². The summed E-state index contributed by atoms with van der Waals surface area (Å²) in [5.74, 6) is -1.09. The average molecular weight is 598 g/mol. The molecule has 0 aromatic heterocycles. The molecule has 3 saturated heterocycles. The van der Waals surface area contributed by atoms with Crippen molar-refractivity contribution in [2.45, 2.75) is 87.9 Å². The predicted molar refractivity (Wildman–Crippen MR) is 169 cm³/mol. The highest BCUT2D eigenvalue weighted by atomic mass is 32.2. The first kappa shape index (κ1) is 32.1. The van der Waals surface area contributed by atoms with Crippen LogP contribution in [0, 0.1) is 11.8 Å². The van der Waals surface area contributed by atoms with Gasteiger partial charge in [0.2, 0.25) is 17.7 Å². The number of ether oxygens (including phenoxy) is 1. The van der Waals surface area contributed by atoms with E-state index < -0.39 is 39.0 Å². The fourth-order valence-electron chi connectivity index (χ4n) is 7.31. The lowest BCUT2D eigenvalue weighted by atomic mass is 9.66. The lowest BCUT2D eigenvalue weighted by Crippen LogP contribution is -2.60. The van der Waals surface area contributed by atoms with Crippen LogP contribution in [0.5, 0.6) is 5.75 Å². The van der Waals surface area contributed by atoms with Crippen LogP contribution < -0.4 is 9.64 Å². The number of aliphatic hydroxyl groups excluding tert-OH is 1. The highest BCUT2D eigenvalue weighted by Crippen LogP contribution is 2.72. The van der Waals surface area contributed by atoms with E-state index >= 15 is 0 Å². The van der Waals surface area contributed by atoms with Crippen molar-refractivity contribution in [1.29, 1.82) is 0 Å². The number of fused-ring (bicyclic) bond motifs is 1. The highest BCUT2D eigenvalue weighted by molar-refractivity contribution is 8.02. The van der Waals surface area contributed by atoms with Gasteiger partial charge in [0.25, 0.3) is 0 Å². The number of likely N-dealkylation sites (tertiary alicyclic amines) is 1. The Morgan fingerprint density at radius 3 is 2.31 bits per heavy atom. The zero-order chi connectivity index (χ0) is 31.0. The topological polar surface area (TPSA) is 90.4 Å². The summed E-state index contributed by atoms with van der Waals surface area (Å²) in [5, 5.41) is 10.4. The maximum Gasteiger partial charge on any atom is 0.247 e. The summed E-state index contributed by atoms with van der Waals surface area (Å²) in [5.41, 5.74) is 0.195. The average Bonchev–Trinajstić information content (AvgIpc) is 3.51. The number of carbonyl (C=O) groups is 3. The quantitative estimate of drug-likeness (QED) is 0.352. The Morgan fingerprint density at radius 1 is 1.14 bits per heavy atom. The van der Waals surface area contributed by atoms with Gasteiger partial charge < -0.3 is 24.5 Å². The number of rotatable bonds is 12. The van der Waals surface area contributed by atoms with Gasteiger partial charge in [0.1, 0.15) is 11.8 Å². The molecule has 1 spiro atoms. The van der Waals surface area contributed by atoms with E-state index in [-0.39, 0.29) is 30.9 Å². The number of nitrogens with zero attached hydrogens (tertiary/aromatic N) is 3. The minimum Gasteiger partial charge on any atom is -0.494 e. The van der Waals surface area contributed by atoms with Crippen molar-refractivity contribution in [3.63, 3.8) is 0 Å². The summed E-state index contributed by atoms with van der Waals surface area (Å²) in [7, 11) is 0. The van der Waals surface area contributed by atoms with Gasteiger partial charge in [0, 0.05) is 29.1 Å². The molecule has 0 saturated carbocycles. The summed E-state index contributed by atoms with van der Waals surface area (Å²) in [6, 6.07) is 6.09. The van der Waals surface area contributed by atoms with Crippen LogP contribution in [-0.4, -0.2) is 86.0 Å². The smallest absolute Gasteiger partial charge is 0.247 e. The van der Waals surface area contributed by atoms with Crippen LogP contribution in [0.4, 0.5) is 5.69 Å². The lowest BCUT2D eigenvalue weighted by Gasteiger charge is -2.43. The molecule has 3 fully saturated rings. The second-order valence-corrected chi connectivity index (χ2v) is 14.7. The van der Waals surface area contributed by atoms with E-state index in [0.717, 1.165) is 0 Å². The number of amides is 3. The Bertz CT molecular complexity index is 1210. The van der Waals surface area contributed by atoms with Crippen molar-refractivity contribution in [2.75, 3.05) is 31.2 Å². The zero-order valence-electron chi connectivity index (χ0n) is 26.0. The van der Waals surface area contributed by atoms with Crippen LogP contribution >= 0.6 is 11.8 Å². The molecule has 1 N–H and O–H groups in total. The number of anilines is 1. The van der Waals surface area contributed by atoms with Crippen LogP contribution in [0.25, 0.3) is 0 Å². The summed E-state index contributed by atoms with van der Waals surface area (Å²) < 4.78 is 4.31. The molecule has 42 heavy (non-hydrogen) atoms. The number of thioether (sulfide) groups is 1. The van der Waals surface area contributed by atoms with E-state index in [1.807, 2.05) is 58.9 Å². The molecule has 2 bridgehead atoms. The third-order valence-corrected chi connectivity index (χ3v) is 11.2. The molecule has 1 aromatic carbocycles. The largest absolute Gasteiger partial charge is 0.494 e. The molecule has 8 nitrogen and oxygen atoms in total. The lowest BCUT2D eigenvalue weighted by molar-refractivity contribution is -0.148. The Hall–Kier alpha value is -2.78. The molecule has 3 aliphatic heterocycles. The molecule has 4 rings (SSSR count). The van der Waals surface area contributed by atoms with Gasteiger partial charge in [-0.05, 0) is 78.1 Å². The van der Waals surface area contributed by atoms with Gasteiger partial charge >= 0.3 is 0 Å². The standard InChI is InChI=1S/C33H47N3O5S/c1-9-19-34(23-13-15-24(16-14-23)41-12-4)28(38)25-26-29(39)36(22(11-3)21-37)27(33(26)18-17-32(25,8)42-33)30(40)35(20-10-2)31(5,6)7/h9-10,13-16,22,25-27,37H,1-2,11-12,17-21H2,3-8H3/t22-,25-,26-,27?,32+,33?/m0/s1. The van der Waals surface area contributed by atoms with E-state index in [1.54, 1.807) is 38.6 Å². The molecule has 1 aromatic rings. The van der Waals surface area contributed by atoms with E-state index in [9.17, 15) is 19.5 Å². The van der Waals surface area contributed by atoms with E-state index in [0.29, 0.717) is 43.9 Å². The predicted octanol–water partition coefficient (Wildman–Crippen LogP) is 4.67. The fraction of sp³-hybridized carbons (Fsp3) is 0.606. The van der Waals surface area contributed by atoms with Crippen molar-refractivity contribution >= 4 is 35.2 Å². The monoisotopic (exact) mass is 597 g/mol. The second kappa shape index (κ2) is 12.1. The molecule has 3 aliphatic rings. The fourth-order valence-corrected chi connectivity index (χ4v) is 9.64. The van der Waals surface area contributed by atoms with Crippen molar-refractivity contribution in [2.24, 2.45) is 11.8 Å². The minimum atomic E-state index is -0.783. The third-order valence-electron chi connectivity index (χ3n) is 9.21. The number of carbonyl (C=O) groups excluding carboxylic acids is 3. The van der Waals surface area contributed by atoms with Crippen molar-refractivity contribution in [3.8, 4) is 5.75 Å². The molecule has 3 heterocycles. The van der Waals surface area contributed by atoms with Crippen LogP contribution in [0.3, 0.4) is 0 Å². The molecule has 9 heteroatoms. The Morgan fingerprint density at radius 2 is 1.79 bits per heavy atom. The summed E-state index contributed by atoms with van der Waals surface area (Å²) in [6.07, 6.45) is 5.27. The van der Waals surface area contributed by atoms with Crippen LogP contribution in [-0.2, 0) is 14.4 Å². The minimum absolute atomic E-state index is 0.141. The van der Waals surface area contributed by atoms with Gasteiger partial charge in [0.15, 0.2) is 0 Å². The molecule has 0 radical (unpaired) electrons. The molecule has 230 valence electrons. The number of hydrogen-bond acceptors (Lipinski definition) is 6. The first-order chi connectivity index (χ1) is 19.8. The van der Waals surface area contributed by atoms with Gasteiger partial charge in [-0.15, -0.1) is 24.9 Å². The van der Waals surface area contributed by atoms with Crippen molar-refractivity contribution in [1.82, 2.24) is 9.80 Å². The number of benzene rings is 1. The van der Waals surface area contributed by atoms with Gasteiger partial charge in [-0.1, -0.05) is 19.1 Å². The Labute approximate surface area is 255 Å². The first-order valence-corrected chi connectivity index (χ1v) is 15.9. The second-order valence-electron chi connectivity index (χ2n) is 12.8. The van der Waals surface area contributed by atoms with E-state index in [2.05, 4.69) is 20.1 Å². The molecule has 2 unspecified atom stereocenters.